The van der Waals surface area contributed by atoms with Crippen LogP contribution in [0.4, 0.5) is 0 Å². The average molecular weight is 294 g/mol. The Morgan fingerprint density at radius 3 is 2.48 bits per heavy atom. The Morgan fingerprint density at radius 1 is 1.19 bits per heavy atom. The Bertz CT molecular complexity index is 433. The van der Waals surface area contributed by atoms with Gasteiger partial charge in [0.15, 0.2) is 0 Å². The molecule has 3 aliphatic rings. The Hall–Kier alpha value is -1.10. The zero-order valence-electron chi connectivity index (χ0n) is 13.2. The zero-order chi connectivity index (χ0) is 15.1. The fourth-order valence-electron chi connectivity index (χ4n) is 3.97. The van der Waals surface area contributed by atoms with E-state index in [0.717, 1.165) is 32.1 Å². The third kappa shape index (κ3) is 2.56. The van der Waals surface area contributed by atoms with Crippen molar-refractivity contribution in [3.63, 3.8) is 0 Å². The highest BCUT2D eigenvalue weighted by atomic mass is 16.5. The lowest BCUT2D eigenvalue weighted by Gasteiger charge is -2.45. The predicted octanol–water partition coefficient (Wildman–Crippen LogP) is 1.32. The van der Waals surface area contributed by atoms with E-state index in [1.54, 1.807) is 7.11 Å². The van der Waals surface area contributed by atoms with Gasteiger partial charge in [0.2, 0.25) is 11.8 Å². The first-order valence-electron chi connectivity index (χ1n) is 8.20. The molecule has 21 heavy (non-hydrogen) atoms. The number of hydrogen-bond donors (Lipinski definition) is 1. The number of nitrogens with zero attached hydrogens (tertiary/aromatic N) is 1. The van der Waals surface area contributed by atoms with Crippen molar-refractivity contribution in [1.29, 1.82) is 0 Å². The molecular formula is C16H26N2O3. The standard InChI is InChI=1S/C16H26N2O3/c1-9(2)14-15(19)17-13(10-7-8-10)16(20)18(14)11-5-4-6-12(11)21-3/h9-14H,4-8H2,1-3H3,(H,17,19). The molecule has 4 unspecified atom stereocenters. The Labute approximate surface area is 126 Å². The topological polar surface area (TPSA) is 58.6 Å². The third-order valence-corrected chi connectivity index (χ3v) is 5.19. The van der Waals surface area contributed by atoms with Gasteiger partial charge in [-0.05, 0) is 43.9 Å². The molecule has 0 aromatic heterocycles. The molecule has 0 bridgehead atoms. The maximum atomic E-state index is 13.0. The summed E-state index contributed by atoms with van der Waals surface area (Å²) in [6.07, 6.45) is 5.16. The van der Waals surface area contributed by atoms with Crippen LogP contribution in [0.3, 0.4) is 0 Å². The monoisotopic (exact) mass is 294 g/mol. The molecule has 2 aliphatic carbocycles. The fraction of sp³-hybridized carbons (Fsp3) is 0.875. The van der Waals surface area contributed by atoms with Crippen LogP contribution in [0.1, 0.15) is 46.0 Å². The first-order valence-corrected chi connectivity index (χ1v) is 8.20. The van der Waals surface area contributed by atoms with Gasteiger partial charge in [0.25, 0.3) is 0 Å². The van der Waals surface area contributed by atoms with Gasteiger partial charge in [0, 0.05) is 7.11 Å². The normalized spacial score (nSPS) is 37.2. The summed E-state index contributed by atoms with van der Waals surface area (Å²) in [5.74, 6) is 0.597. The predicted molar refractivity (Wildman–Crippen MR) is 78.6 cm³/mol. The van der Waals surface area contributed by atoms with Gasteiger partial charge in [-0.1, -0.05) is 13.8 Å². The number of amides is 2. The number of carbonyl (C=O) groups is 2. The molecular weight excluding hydrogens is 268 g/mol. The molecule has 0 radical (unpaired) electrons. The molecule has 5 nitrogen and oxygen atoms in total. The first kappa shape index (κ1) is 14.8. The summed E-state index contributed by atoms with van der Waals surface area (Å²) in [4.78, 5) is 27.4. The van der Waals surface area contributed by atoms with Crippen molar-refractivity contribution in [3.8, 4) is 0 Å². The van der Waals surface area contributed by atoms with Crippen LogP contribution in [0.5, 0.6) is 0 Å². The van der Waals surface area contributed by atoms with E-state index in [4.69, 9.17) is 4.74 Å². The lowest BCUT2D eigenvalue weighted by molar-refractivity contribution is -0.157. The highest BCUT2D eigenvalue weighted by molar-refractivity contribution is 5.97. The minimum absolute atomic E-state index is 0.0169. The van der Waals surface area contributed by atoms with Crippen molar-refractivity contribution in [3.05, 3.63) is 0 Å². The van der Waals surface area contributed by atoms with Crippen LogP contribution < -0.4 is 5.32 Å². The van der Waals surface area contributed by atoms with Gasteiger partial charge in [-0.2, -0.15) is 0 Å². The highest BCUT2D eigenvalue weighted by Crippen LogP contribution is 2.38. The average Bonchev–Trinajstić information content (AvgIpc) is 3.17. The van der Waals surface area contributed by atoms with E-state index in [1.165, 1.54) is 0 Å². The minimum atomic E-state index is -0.353. The van der Waals surface area contributed by atoms with Gasteiger partial charge in [-0.25, -0.2) is 0 Å². The second kappa shape index (κ2) is 5.59. The summed E-state index contributed by atoms with van der Waals surface area (Å²) < 4.78 is 5.57. The first-order chi connectivity index (χ1) is 10.0. The van der Waals surface area contributed by atoms with E-state index < -0.39 is 0 Å². The molecule has 118 valence electrons. The third-order valence-electron chi connectivity index (χ3n) is 5.19. The second-order valence-corrected chi connectivity index (χ2v) is 7.03. The van der Waals surface area contributed by atoms with Crippen molar-refractivity contribution in [1.82, 2.24) is 10.2 Å². The quantitative estimate of drug-likeness (QED) is 0.850. The van der Waals surface area contributed by atoms with Crippen LogP contribution in [-0.2, 0) is 14.3 Å². The number of methoxy groups -OCH3 is 1. The largest absolute Gasteiger partial charge is 0.379 e. The van der Waals surface area contributed by atoms with Crippen molar-refractivity contribution in [2.24, 2.45) is 11.8 Å². The maximum absolute atomic E-state index is 13.0. The molecule has 0 aromatic carbocycles. The van der Waals surface area contributed by atoms with Gasteiger partial charge in [-0.3, -0.25) is 9.59 Å². The molecule has 0 spiro atoms. The number of nitrogens with one attached hydrogen (secondary N) is 1. The summed E-state index contributed by atoms with van der Waals surface area (Å²) >= 11 is 0. The van der Waals surface area contributed by atoms with Crippen LogP contribution >= 0.6 is 0 Å². The Morgan fingerprint density at radius 2 is 1.90 bits per heavy atom. The van der Waals surface area contributed by atoms with Gasteiger partial charge in [-0.15, -0.1) is 0 Å². The SMILES string of the molecule is COC1CCCC1N1C(=O)C(C2CC2)NC(=O)C1C(C)C. The van der Waals surface area contributed by atoms with E-state index in [1.807, 2.05) is 18.7 Å². The zero-order valence-corrected chi connectivity index (χ0v) is 13.2. The van der Waals surface area contributed by atoms with Crippen LogP contribution in [0, 0.1) is 11.8 Å². The molecule has 1 saturated heterocycles. The molecule has 5 heteroatoms. The van der Waals surface area contributed by atoms with Crippen molar-refractivity contribution in [2.75, 3.05) is 7.11 Å². The van der Waals surface area contributed by atoms with Crippen LogP contribution in [0.25, 0.3) is 0 Å². The maximum Gasteiger partial charge on any atom is 0.246 e. The Balaban J connectivity index is 1.89. The van der Waals surface area contributed by atoms with Gasteiger partial charge in [0.1, 0.15) is 12.1 Å². The van der Waals surface area contributed by atoms with Crippen LogP contribution in [0.2, 0.25) is 0 Å². The van der Waals surface area contributed by atoms with Gasteiger partial charge >= 0.3 is 0 Å². The number of piperazine rings is 1. The Kier molecular flexibility index (Phi) is 3.95. The molecule has 2 saturated carbocycles. The van der Waals surface area contributed by atoms with E-state index in [0.29, 0.717) is 5.92 Å². The molecule has 3 fully saturated rings. The van der Waals surface area contributed by atoms with Crippen LogP contribution in [-0.4, -0.2) is 48.1 Å². The van der Waals surface area contributed by atoms with E-state index in [2.05, 4.69) is 5.32 Å². The van der Waals surface area contributed by atoms with E-state index in [-0.39, 0.29) is 42.0 Å². The number of carbonyl (C=O) groups excluding carboxylic acids is 2. The van der Waals surface area contributed by atoms with E-state index in [9.17, 15) is 9.59 Å². The van der Waals surface area contributed by atoms with Gasteiger partial charge < -0.3 is 15.0 Å². The van der Waals surface area contributed by atoms with Crippen LogP contribution in [0.15, 0.2) is 0 Å². The molecule has 3 rings (SSSR count). The molecule has 4 atom stereocenters. The van der Waals surface area contributed by atoms with E-state index >= 15 is 0 Å². The summed E-state index contributed by atoms with van der Waals surface area (Å²) in [5.41, 5.74) is 0. The van der Waals surface area contributed by atoms with Crippen molar-refractivity contribution >= 4 is 11.8 Å². The molecule has 2 amide bonds. The summed E-state index contributed by atoms with van der Waals surface area (Å²) in [6, 6.07) is -0.596. The number of hydrogen-bond acceptors (Lipinski definition) is 3. The lowest BCUT2D eigenvalue weighted by Crippen LogP contribution is -2.68. The fourth-order valence-corrected chi connectivity index (χ4v) is 3.97. The number of ether oxygens (including phenoxy) is 1. The molecule has 1 aliphatic heterocycles. The lowest BCUT2D eigenvalue weighted by atomic mass is 9.92. The number of rotatable bonds is 4. The minimum Gasteiger partial charge on any atom is -0.379 e. The van der Waals surface area contributed by atoms with Crippen molar-refractivity contribution in [2.45, 2.75) is 70.2 Å². The summed E-state index contributed by atoms with van der Waals surface area (Å²) in [5, 5.41) is 2.97. The molecule has 1 heterocycles. The molecule has 0 aromatic rings. The second-order valence-electron chi connectivity index (χ2n) is 7.03. The van der Waals surface area contributed by atoms with Gasteiger partial charge in [0.05, 0.1) is 12.1 Å². The van der Waals surface area contributed by atoms with Crippen molar-refractivity contribution < 1.29 is 14.3 Å². The summed E-state index contributed by atoms with van der Waals surface area (Å²) in [7, 11) is 1.71. The molecule has 1 N–H and O–H groups in total. The highest BCUT2D eigenvalue weighted by Gasteiger charge is 2.51. The summed E-state index contributed by atoms with van der Waals surface area (Å²) in [6.45, 7) is 4.03. The smallest absolute Gasteiger partial charge is 0.246 e.